The average Bonchev–Trinajstić information content (AvgIpc) is 3.25. The first-order valence-corrected chi connectivity index (χ1v) is 11.8. The molecule has 36 heavy (non-hydrogen) atoms. The molecule has 190 valence electrons. The molecule has 0 atom stereocenters. The van der Waals surface area contributed by atoms with Crippen LogP contribution in [-0.2, 0) is 4.74 Å². The van der Waals surface area contributed by atoms with Gasteiger partial charge in [-0.2, -0.15) is 5.10 Å². The van der Waals surface area contributed by atoms with Crippen LogP contribution in [0.25, 0.3) is 5.65 Å². The van der Waals surface area contributed by atoms with Crippen molar-refractivity contribution in [3.63, 3.8) is 0 Å². The maximum atomic E-state index is 12.8. The number of likely N-dealkylation sites (tertiary alicyclic amines) is 1. The number of aromatic nitrogens is 3. The number of piperidine rings is 1. The highest BCUT2D eigenvalue weighted by Gasteiger charge is 2.29. The lowest BCUT2D eigenvalue weighted by Crippen LogP contribution is -2.42. The first-order chi connectivity index (χ1) is 17.0. The summed E-state index contributed by atoms with van der Waals surface area (Å²) in [4.78, 5) is 54.2. The normalized spacial score (nSPS) is 14.5. The Kier molecular flexibility index (Phi) is 6.82. The minimum atomic E-state index is -0.613. The van der Waals surface area contributed by atoms with Gasteiger partial charge in [0.25, 0.3) is 17.4 Å². The van der Waals surface area contributed by atoms with Gasteiger partial charge in [-0.15, -0.1) is 0 Å². The predicted molar refractivity (Wildman–Crippen MR) is 132 cm³/mol. The molecule has 0 spiro atoms. The fourth-order valence-corrected chi connectivity index (χ4v) is 4.11. The number of rotatable bonds is 3. The number of nitrogens with zero attached hydrogens (tertiary/aromatic N) is 3. The van der Waals surface area contributed by atoms with Crippen LogP contribution in [-0.4, -0.2) is 56.1 Å². The molecule has 11 nitrogen and oxygen atoms in total. The van der Waals surface area contributed by atoms with Crippen LogP contribution >= 0.6 is 0 Å². The van der Waals surface area contributed by atoms with Crippen LogP contribution in [0.1, 0.15) is 71.5 Å². The second kappa shape index (κ2) is 9.84. The second-order valence-corrected chi connectivity index (χ2v) is 9.89. The van der Waals surface area contributed by atoms with E-state index in [1.54, 1.807) is 29.2 Å². The highest BCUT2D eigenvalue weighted by molar-refractivity contribution is 6.02. The van der Waals surface area contributed by atoms with Crippen LogP contribution in [0, 0.1) is 6.92 Å². The molecule has 0 radical (unpaired) electrons. The molecule has 11 heteroatoms. The molecule has 1 aliphatic rings. The van der Waals surface area contributed by atoms with Crippen molar-refractivity contribution in [2.75, 3.05) is 13.1 Å². The van der Waals surface area contributed by atoms with Crippen LogP contribution in [0.4, 0.5) is 4.79 Å². The van der Waals surface area contributed by atoms with Gasteiger partial charge in [-0.25, -0.2) is 9.31 Å². The summed E-state index contributed by atoms with van der Waals surface area (Å²) in [6, 6.07) is 8.38. The van der Waals surface area contributed by atoms with Gasteiger partial charge in [-0.05, 0) is 52.7 Å². The monoisotopic (exact) mass is 494 g/mol. The summed E-state index contributed by atoms with van der Waals surface area (Å²) in [5.74, 6) is -1.12. The molecule has 1 aliphatic heterocycles. The number of carbonyl (C=O) groups excluding carboxylic acids is 3. The Balaban J connectivity index is 1.47. The van der Waals surface area contributed by atoms with Crippen LogP contribution < -0.4 is 16.4 Å². The number of amides is 3. The van der Waals surface area contributed by atoms with E-state index in [9.17, 15) is 19.2 Å². The van der Waals surface area contributed by atoms with Gasteiger partial charge in [-0.1, -0.05) is 17.7 Å². The third-order valence-corrected chi connectivity index (χ3v) is 5.95. The molecule has 0 aliphatic carbocycles. The largest absolute Gasteiger partial charge is 0.444 e. The van der Waals surface area contributed by atoms with E-state index < -0.39 is 17.4 Å². The molecular weight excluding hydrogens is 464 g/mol. The van der Waals surface area contributed by atoms with E-state index in [0.717, 1.165) is 5.56 Å². The zero-order chi connectivity index (χ0) is 26.0. The minimum absolute atomic E-state index is 0.0365. The zero-order valence-electron chi connectivity index (χ0n) is 20.8. The molecule has 3 heterocycles. The third-order valence-electron chi connectivity index (χ3n) is 5.95. The molecule has 3 amide bonds. The predicted octanol–water partition coefficient (Wildman–Crippen LogP) is 2.52. The molecule has 1 fully saturated rings. The molecule has 0 saturated carbocycles. The number of aromatic amines is 1. The smallest absolute Gasteiger partial charge is 0.410 e. The highest BCUT2D eigenvalue weighted by atomic mass is 16.6. The van der Waals surface area contributed by atoms with E-state index in [1.165, 1.54) is 16.8 Å². The van der Waals surface area contributed by atoms with Gasteiger partial charge >= 0.3 is 6.09 Å². The summed E-state index contributed by atoms with van der Waals surface area (Å²) < 4.78 is 6.98. The number of fused-ring (bicyclic) bond motifs is 1. The van der Waals surface area contributed by atoms with Crippen molar-refractivity contribution >= 4 is 23.6 Å². The minimum Gasteiger partial charge on any atom is -0.444 e. The molecule has 2 aromatic heterocycles. The molecule has 3 aromatic rings. The lowest BCUT2D eigenvalue weighted by Gasteiger charge is -2.33. The van der Waals surface area contributed by atoms with Gasteiger partial charge in [-0.3, -0.25) is 25.2 Å². The fourth-order valence-electron chi connectivity index (χ4n) is 4.11. The van der Waals surface area contributed by atoms with E-state index in [1.807, 2.05) is 27.7 Å². The van der Waals surface area contributed by atoms with Crippen molar-refractivity contribution in [3.05, 3.63) is 69.3 Å². The molecule has 0 unspecified atom stereocenters. The quantitative estimate of drug-likeness (QED) is 0.479. The van der Waals surface area contributed by atoms with Gasteiger partial charge in [0.05, 0.1) is 11.9 Å². The number of carbonyl (C=O) groups is 3. The average molecular weight is 495 g/mol. The molecule has 0 bridgehead atoms. The van der Waals surface area contributed by atoms with E-state index in [-0.39, 0.29) is 28.8 Å². The lowest BCUT2D eigenvalue weighted by molar-refractivity contribution is 0.0203. The van der Waals surface area contributed by atoms with Gasteiger partial charge in [0.2, 0.25) is 0 Å². The van der Waals surface area contributed by atoms with Crippen molar-refractivity contribution in [2.45, 2.75) is 52.1 Å². The number of hydrogen-bond acceptors (Lipinski definition) is 6. The number of benzene rings is 1. The summed E-state index contributed by atoms with van der Waals surface area (Å²) in [6.07, 6.45) is 2.22. The van der Waals surface area contributed by atoms with Crippen LogP contribution in [0.15, 0.2) is 41.3 Å². The molecule has 4 rings (SSSR count). The summed E-state index contributed by atoms with van der Waals surface area (Å²) >= 11 is 0. The topological polar surface area (TPSA) is 138 Å². The van der Waals surface area contributed by atoms with E-state index in [0.29, 0.717) is 37.2 Å². The standard InChI is InChI=1S/C25H30N6O5/c1-15-5-7-17(8-6-15)22(33)28-29-23(34)18-14-26-31-19(13-20(32)27-21(18)31)16-9-11-30(12-10-16)24(35)36-25(2,3)4/h5-8,13-14,16H,9-12H2,1-4H3,(H,27,32)(H,28,33)(H,29,34). The zero-order valence-corrected chi connectivity index (χ0v) is 20.8. The summed E-state index contributed by atoms with van der Waals surface area (Å²) in [5, 5.41) is 4.32. The Hall–Kier alpha value is -4.15. The maximum Gasteiger partial charge on any atom is 0.410 e. The van der Waals surface area contributed by atoms with Gasteiger partial charge in [0.15, 0.2) is 0 Å². The number of ether oxygens (including phenoxy) is 1. The maximum absolute atomic E-state index is 12.8. The van der Waals surface area contributed by atoms with E-state index >= 15 is 0 Å². The van der Waals surface area contributed by atoms with Gasteiger partial charge in [0, 0.05) is 30.6 Å². The molecule has 1 aromatic carbocycles. The van der Waals surface area contributed by atoms with Crippen molar-refractivity contribution < 1.29 is 19.1 Å². The van der Waals surface area contributed by atoms with Crippen LogP contribution in [0.2, 0.25) is 0 Å². The van der Waals surface area contributed by atoms with Crippen molar-refractivity contribution in [1.29, 1.82) is 0 Å². The SMILES string of the molecule is Cc1ccc(C(=O)NNC(=O)c2cnn3c(C4CCN(C(=O)OC(C)(C)C)CC4)cc(=O)[nH]c23)cc1. The molecule has 3 N–H and O–H groups in total. The van der Waals surface area contributed by atoms with Crippen molar-refractivity contribution in [1.82, 2.24) is 30.3 Å². The number of aryl methyl sites for hydroxylation is 1. The van der Waals surface area contributed by atoms with Crippen molar-refractivity contribution in [3.8, 4) is 0 Å². The van der Waals surface area contributed by atoms with Gasteiger partial charge < -0.3 is 14.6 Å². The Morgan fingerprint density at radius 3 is 2.33 bits per heavy atom. The second-order valence-electron chi connectivity index (χ2n) is 9.89. The summed E-state index contributed by atoms with van der Waals surface area (Å²) in [5.41, 5.74) is 6.22. The number of H-pyrrole nitrogens is 1. The number of hydrogen-bond donors (Lipinski definition) is 3. The van der Waals surface area contributed by atoms with Crippen molar-refractivity contribution in [2.24, 2.45) is 0 Å². The molecular formula is C25H30N6O5. The molecule has 1 saturated heterocycles. The van der Waals surface area contributed by atoms with Crippen LogP contribution in [0.3, 0.4) is 0 Å². The van der Waals surface area contributed by atoms with E-state index in [2.05, 4.69) is 20.9 Å². The Morgan fingerprint density at radius 2 is 1.69 bits per heavy atom. The van der Waals surface area contributed by atoms with Crippen LogP contribution in [0.5, 0.6) is 0 Å². The Morgan fingerprint density at radius 1 is 1.06 bits per heavy atom. The first-order valence-electron chi connectivity index (χ1n) is 11.8. The number of nitrogens with one attached hydrogen (secondary N) is 3. The Labute approximate surface area is 207 Å². The van der Waals surface area contributed by atoms with E-state index in [4.69, 9.17) is 4.74 Å². The lowest BCUT2D eigenvalue weighted by atomic mass is 9.93. The fraction of sp³-hybridized carbons (Fsp3) is 0.400. The summed E-state index contributed by atoms with van der Waals surface area (Å²) in [6.45, 7) is 8.34. The van der Waals surface area contributed by atoms with Gasteiger partial charge in [0.1, 0.15) is 16.8 Å². The summed E-state index contributed by atoms with van der Waals surface area (Å²) in [7, 11) is 0. The first kappa shape index (κ1) is 25.0. The highest BCUT2D eigenvalue weighted by Crippen LogP contribution is 2.28. The third kappa shape index (κ3) is 5.56. The number of hydrazine groups is 1. The Bertz CT molecular complexity index is 1340.